The summed E-state index contributed by atoms with van der Waals surface area (Å²) in [6.45, 7) is 6.08. The molecule has 0 radical (unpaired) electrons. The van der Waals surface area contributed by atoms with Crippen molar-refractivity contribution in [2.24, 2.45) is 0 Å². The van der Waals surface area contributed by atoms with Gasteiger partial charge in [-0.25, -0.2) is 4.98 Å². The number of nitrogens with zero attached hydrogens (tertiary/aromatic N) is 3. The van der Waals surface area contributed by atoms with Crippen LogP contribution in [0.5, 0.6) is 0 Å². The van der Waals surface area contributed by atoms with E-state index in [2.05, 4.69) is 20.4 Å². The lowest BCUT2D eigenvalue weighted by Gasteiger charge is -2.06. The van der Waals surface area contributed by atoms with Gasteiger partial charge in [0.25, 0.3) is 5.22 Å². The van der Waals surface area contributed by atoms with Crippen LogP contribution in [0.3, 0.4) is 0 Å². The van der Waals surface area contributed by atoms with Crippen molar-refractivity contribution in [2.45, 2.75) is 44.6 Å². The number of carbonyl (C=O) groups excluding carboxylic acids is 1. The third-order valence-electron chi connectivity index (χ3n) is 4.71. The number of oxazole rings is 1. The van der Waals surface area contributed by atoms with Crippen molar-refractivity contribution in [3.63, 3.8) is 0 Å². The number of fused-ring (bicyclic) bond motifs is 1. The van der Waals surface area contributed by atoms with Crippen LogP contribution >= 0.6 is 11.8 Å². The van der Waals surface area contributed by atoms with Crippen LogP contribution in [-0.2, 0) is 17.0 Å². The number of hydrogen-bond acceptors (Lipinski definition) is 7. The third kappa shape index (κ3) is 4.88. The standard InChI is InChI=1S/C22H22N4O3S/c1-13-4-7-18-17(10-13)24-22(28-18)30-12-19-25-21(29-26-19)9-8-20(27)23-16-6-5-14(2)15(3)11-16/h4-7,10-11H,8-9,12H2,1-3H3,(H,23,27). The first-order valence-electron chi connectivity index (χ1n) is 9.65. The molecular weight excluding hydrogens is 400 g/mol. The summed E-state index contributed by atoms with van der Waals surface area (Å²) in [6.07, 6.45) is 0.655. The van der Waals surface area contributed by atoms with Gasteiger partial charge in [0.05, 0.1) is 5.75 Å². The zero-order chi connectivity index (χ0) is 21.1. The van der Waals surface area contributed by atoms with Gasteiger partial charge in [0.15, 0.2) is 11.4 Å². The van der Waals surface area contributed by atoms with Crippen LogP contribution in [0.15, 0.2) is 50.6 Å². The minimum atomic E-state index is -0.0888. The molecule has 0 fully saturated rings. The molecule has 0 spiro atoms. The predicted octanol–water partition coefficient (Wildman–Crippen LogP) is 5.00. The smallest absolute Gasteiger partial charge is 0.257 e. The highest BCUT2D eigenvalue weighted by Gasteiger charge is 2.12. The monoisotopic (exact) mass is 422 g/mol. The minimum absolute atomic E-state index is 0.0888. The Bertz CT molecular complexity index is 1200. The summed E-state index contributed by atoms with van der Waals surface area (Å²) in [6, 6.07) is 11.7. The Kier molecular flexibility index (Phi) is 5.85. The van der Waals surface area contributed by atoms with Crippen molar-refractivity contribution >= 4 is 34.5 Å². The van der Waals surface area contributed by atoms with Gasteiger partial charge in [0.1, 0.15) is 5.52 Å². The molecule has 0 aliphatic heterocycles. The molecule has 0 saturated heterocycles. The zero-order valence-corrected chi connectivity index (χ0v) is 17.9. The molecule has 0 atom stereocenters. The van der Waals surface area contributed by atoms with E-state index in [4.69, 9.17) is 8.94 Å². The number of rotatable bonds is 7. The molecule has 4 aromatic rings. The van der Waals surface area contributed by atoms with Crippen molar-refractivity contribution in [3.05, 3.63) is 64.8 Å². The first-order valence-corrected chi connectivity index (χ1v) is 10.6. The first kappa shape index (κ1) is 20.2. The summed E-state index contributed by atoms with van der Waals surface area (Å²) in [4.78, 5) is 21.0. The molecule has 4 rings (SSSR count). The van der Waals surface area contributed by atoms with E-state index in [-0.39, 0.29) is 12.3 Å². The second kappa shape index (κ2) is 8.71. The maximum atomic E-state index is 12.2. The quantitative estimate of drug-likeness (QED) is 0.419. The van der Waals surface area contributed by atoms with Gasteiger partial charge in [-0.1, -0.05) is 29.1 Å². The lowest BCUT2D eigenvalue weighted by molar-refractivity contribution is -0.116. The Balaban J connectivity index is 1.28. The van der Waals surface area contributed by atoms with E-state index in [9.17, 15) is 4.79 Å². The number of thioether (sulfide) groups is 1. The number of benzene rings is 2. The highest BCUT2D eigenvalue weighted by atomic mass is 32.2. The lowest BCUT2D eigenvalue weighted by atomic mass is 10.1. The Morgan fingerprint density at radius 2 is 1.93 bits per heavy atom. The van der Waals surface area contributed by atoms with Crippen LogP contribution in [0.1, 0.15) is 34.8 Å². The molecule has 2 aromatic carbocycles. The molecule has 0 aliphatic carbocycles. The fourth-order valence-electron chi connectivity index (χ4n) is 2.92. The van der Waals surface area contributed by atoms with Gasteiger partial charge in [-0.05, 0) is 61.7 Å². The molecule has 0 bridgehead atoms. The zero-order valence-electron chi connectivity index (χ0n) is 17.1. The van der Waals surface area contributed by atoms with Crippen LogP contribution in [0.2, 0.25) is 0 Å². The van der Waals surface area contributed by atoms with Crippen molar-refractivity contribution in [1.29, 1.82) is 0 Å². The van der Waals surface area contributed by atoms with E-state index in [1.807, 2.05) is 57.2 Å². The maximum absolute atomic E-state index is 12.2. The largest absolute Gasteiger partial charge is 0.431 e. The Hall–Kier alpha value is -3.13. The number of hydrogen-bond donors (Lipinski definition) is 1. The highest BCUT2D eigenvalue weighted by molar-refractivity contribution is 7.98. The average molecular weight is 423 g/mol. The summed E-state index contributed by atoms with van der Waals surface area (Å²) >= 11 is 1.41. The Morgan fingerprint density at radius 3 is 2.77 bits per heavy atom. The van der Waals surface area contributed by atoms with Crippen LogP contribution in [0.25, 0.3) is 11.1 Å². The predicted molar refractivity (Wildman–Crippen MR) is 115 cm³/mol. The SMILES string of the molecule is Cc1ccc2oc(SCc3noc(CCC(=O)Nc4ccc(C)c(C)c4)n3)nc2c1. The van der Waals surface area contributed by atoms with Crippen molar-refractivity contribution < 1.29 is 13.7 Å². The normalized spacial score (nSPS) is 11.2. The molecule has 2 aromatic heterocycles. The van der Waals surface area contributed by atoms with Gasteiger partial charge in [-0.2, -0.15) is 4.98 Å². The van der Waals surface area contributed by atoms with Crippen LogP contribution in [-0.4, -0.2) is 21.0 Å². The molecule has 0 unspecified atom stereocenters. The first-order chi connectivity index (χ1) is 14.5. The fourth-order valence-corrected chi connectivity index (χ4v) is 3.60. The molecule has 154 valence electrons. The number of carbonyl (C=O) groups is 1. The fraction of sp³-hybridized carbons (Fsp3) is 0.273. The summed E-state index contributed by atoms with van der Waals surface area (Å²) in [5, 5.41) is 7.44. The molecule has 0 aliphatic rings. The van der Waals surface area contributed by atoms with E-state index >= 15 is 0 Å². The molecule has 8 heteroatoms. The Morgan fingerprint density at radius 1 is 1.07 bits per heavy atom. The second-order valence-corrected chi connectivity index (χ2v) is 8.12. The number of amides is 1. The number of aromatic nitrogens is 3. The van der Waals surface area contributed by atoms with Gasteiger partial charge in [0, 0.05) is 18.5 Å². The van der Waals surface area contributed by atoms with E-state index < -0.39 is 0 Å². The van der Waals surface area contributed by atoms with E-state index in [1.54, 1.807) is 0 Å². The van der Waals surface area contributed by atoms with Crippen molar-refractivity contribution in [3.8, 4) is 0 Å². The summed E-state index contributed by atoms with van der Waals surface area (Å²) < 4.78 is 11.0. The summed E-state index contributed by atoms with van der Waals surface area (Å²) in [7, 11) is 0. The van der Waals surface area contributed by atoms with Gasteiger partial charge >= 0.3 is 0 Å². The molecule has 1 N–H and O–H groups in total. The summed E-state index contributed by atoms with van der Waals surface area (Å²) in [5.41, 5.74) is 5.85. The van der Waals surface area contributed by atoms with Gasteiger partial charge in [-0.3, -0.25) is 4.79 Å². The van der Waals surface area contributed by atoms with E-state index in [0.717, 1.165) is 27.9 Å². The molecular formula is C22H22N4O3S. The van der Waals surface area contributed by atoms with Gasteiger partial charge < -0.3 is 14.3 Å². The summed E-state index contributed by atoms with van der Waals surface area (Å²) in [5.74, 6) is 1.37. The average Bonchev–Trinajstić information content (AvgIpc) is 3.33. The number of nitrogens with one attached hydrogen (secondary N) is 1. The number of aryl methyl sites for hydroxylation is 4. The van der Waals surface area contributed by atoms with Crippen LogP contribution in [0, 0.1) is 20.8 Å². The van der Waals surface area contributed by atoms with Gasteiger partial charge in [-0.15, -0.1) is 0 Å². The lowest BCUT2D eigenvalue weighted by Crippen LogP contribution is -2.12. The van der Waals surface area contributed by atoms with Crippen molar-refractivity contribution in [2.75, 3.05) is 5.32 Å². The van der Waals surface area contributed by atoms with Crippen molar-refractivity contribution in [1.82, 2.24) is 15.1 Å². The van der Waals surface area contributed by atoms with Crippen LogP contribution < -0.4 is 5.32 Å². The second-order valence-electron chi connectivity index (χ2n) is 7.19. The number of anilines is 1. The molecule has 1 amide bonds. The van der Waals surface area contributed by atoms with Crippen LogP contribution in [0.4, 0.5) is 5.69 Å². The molecule has 2 heterocycles. The highest BCUT2D eigenvalue weighted by Crippen LogP contribution is 2.26. The maximum Gasteiger partial charge on any atom is 0.257 e. The molecule has 0 saturated carbocycles. The van der Waals surface area contributed by atoms with E-state index in [0.29, 0.717) is 29.1 Å². The van der Waals surface area contributed by atoms with E-state index in [1.165, 1.54) is 17.3 Å². The third-order valence-corrected chi connectivity index (χ3v) is 5.54. The van der Waals surface area contributed by atoms with Gasteiger partial charge in [0.2, 0.25) is 11.8 Å². The Labute approximate surface area is 178 Å². The topological polar surface area (TPSA) is 94.0 Å². The minimum Gasteiger partial charge on any atom is -0.431 e. The molecule has 7 nitrogen and oxygen atoms in total. The molecule has 30 heavy (non-hydrogen) atoms.